The average Bonchev–Trinajstić information content (AvgIpc) is 3.42. The predicted molar refractivity (Wildman–Crippen MR) is 312 cm³/mol. The van der Waals surface area contributed by atoms with Crippen molar-refractivity contribution in [2.75, 3.05) is 27.3 Å². The molecule has 4 amide bonds. The number of nitrogens with one attached hydrogen (secondary N) is 4. The molecule has 0 radical (unpaired) electrons. The number of rotatable bonds is 22. The van der Waals surface area contributed by atoms with Gasteiger partial charge < -0.3 is 43.5 Å². The average molecular weight is 1190 g/mol. The summed E-state index contributed by atoms with van der Waals surface area (Å²) in [4.78, 5) is 59.5. The van der Waals surface area contributed by atoms with Crippen LogP contribution < -0.4 is 27.2 Å². The van der Waals surface area contributed by atoms with Gasteiger partial charge in [0.05, 0.1) is 37.8 Å². The second kappa shape index (κ2) is 33.0. The number of pyridine rings is 2. The predicted octanol–water partition coefficient (Wildman–Crippen LogP) is 8.57. The van der Waals surface area contributed by atoms with Crippen LogP contribution in [0.2, 0.25) is 0 Å². The van der Waals surface area contributed by atoms with E-state index >= 15 is 0 Å². The molecular formula is C62H84N9O8Pd-. The summed E-state index contributed by atoms with van der Waals surface area (Å²) in [6, 6.07) is 44.7. The van der Waals surface area contributed by atoms with Gasteiger partial charge in [0, 0.05) is 77.6 Å². The number of ether oxygens (including phenoxy) is 2. The van der Waals surface area contributed by atoms with Crippen LogP contribution in [0.25, 0.3) is 22.5 Å². The third-order valence-electron chi connectivity index (χ3n) is 12.9. The number of hydrogen-bond donors (Lipinski definition) is 7. The van der Waals surface area contributed by atoms with Crippen molar-refractivity contribution in [1.82, 2.24) is 41.5 Å². The minimum Gasteiger partial charge on any atom is -0.453 e. The molecule has 0 spiro atoms. The molecule has 80 heavy (non-hydrogen) atoms. The van der Waals surface area contributed by atoms with Crippen LogP contribution in [-0.2, 0) is 65.4 Å². The maximum absolute atomic E-state index is 13.4. The Hall–Kier alpha value is -6.88. The number of carbonyl (C=O) groups is 4. The molecule has 0 saturated heterocycles. The van der Waals surface area contributed by atoms with Crippen molar-refractivity contribution in [1.29, 1.82) is 0 Å². The van der Waals surface area contributed by atoms with Gasteiger partial charge in [-0.3, -0.25) is 30.4 Å². The molecule has 6 aromatic rings. The number of benzene rings is 4. The molecule has 0 aliphatic rings. The third kappa shape index (κ3) is 22.3. The molecule has 0 saturated carbocycles. The van der Waals surface area contributed by atoms with Crippen LogP contribution in [0, 0.1) is 24.2 Å². The van der Waals surface area contributed by atoms with Gasteiger partial charge >= 0.3 is 12.2 Å². The molecule has 0 fully saturated rings. The number of methoxy groups -OCH3 is 2. The monoisotopic (exact) mass is 1190 g/mol. The van der Waals surface area contributed by atoms with Gasteiger partial charge in [-0.2, -0.15) is 0 Å². The van der Waals surface area contributed by atoms with Crippen molar-refractivity contribution in [3.05, 3.63) is 188 Å². The van der Waals surface area contributed by atoms with Crippen LogP contribution in [0.15, 0.2) is 158 Å². The minimum atomic E-state index is -0.931. The van der Waals surface area contributed by atoms with Gasteiger partial charge in [-0.25, -0.2) is 19.6 Å². The van der Waals surface area contributed by atoms with Crippen LogP contribution in [0.1, 0.15) is 72.1 Å². The molecule has 0 aliphatic carbocycles. The molecule has 2 heterocycles. The van der Waals surface area contributed by atoms with Gasteiger partial charge in [-0.1, -0.05) is 170 Å². The second-order valence-corrected chi connectivity index (χ2v) is 21.6. The molecule has 0 bridgehead atoms. The fourth-order valence-corrected chi connectivity index (χ4v) is 8.43. The first kappa shape index (κ1) is 67.4. The van der Waals surface area contributed by atoms with Crippen LogP contribution in [0.5, 0.6) is 0 Å². The Morgan fingerprint density at radius 1 is 0.550 bits per heavy atom. The first-order valence-corrected chi connectivity index (χ1v) is 26.1. The number of aliphatic hydroxyl groups excluding tert-OH is 2. The molecule has 8 N–H and O–H groups in total. The van der Waals surface area contributed by atoms with Crippen molar-refractivity contribution < 1.29 is 60.7 Å². The minimum absolute atomic E-state index is 0. The Labute approximate surface area is 488 Å². The van der Waals surface area contributed by atoms with Crippen molar-refractivity contribution >= 4 is 24.0 Å². The summed E-state index contributed by atoms with van der Waals surface area (Å²) in [5, 5.41) is 30.7. The summed E-state index contributed by atoms with van der Waals surface area (Å²) in [7, 11) is 2.51. The van der Waals surface area contributed by atoms with Gasteiger partial charge in [0.2, 0.25) is 0 Å². The Bertz CT molecular complexity index is 2570. The largest absolute Gasteiger partial charge is 0.453 e. The smallest absolute Gasteiger partial charge is 0.407 e. The Morgan fingerprint density at radius 2 is 0.912 bits per heavy atom. The van der Waals surface area contributed by atoms with E-state index in [-0.39, 0.29) is 54.2 Å². The summed E-state index contributed by atoms with van der Waals surface area (Å²) in [6.45, 7) is 14.1. The fraction of sp³-hybridized carbons (Fsp3) is 0.371. The van der Waals surface area contributed by atoms with E-state index in [9.17, 15) is 29.4 Å². The van der Waals surface area contributed by atoms with Gasteiger partial charge in [-0.05, 0) is 76.1 Å². The van der Waals surface area contributed by atoms with E-state index in [1.807, 2.05) is 194 Å². The number of hydrazine groups is 2. The number of nitrogens with zero attached hydrogens (tertiary/aromatic N) is 4. The zero-order chi connectivity index (χ0) is 56.8. The maximum atomic E-state index is 13.4. The number of aromatic nitrogens is 2. The Balaban J connectivity index is 0.000000534. The summed E-state index contributed by atoms with van der Waals surface area (Å²) >= 11 is 0. The Morgan fingerprint density at radius 3 is 1.26 bits per heavy atom. The first-order valence-electron chi connectivity index (χ1n) is 26.1. The summed E-state index contributed by atoms with van der Waals surface area (Å²) in [5.74, 6) is -0.868. The molecular weight excluding hydrogens is 1110 g/mol. The number of nitrogens with two attached hydrogens (primary N) is 1. The van der Waals surface area contributed by atoms with Gasteiger partial charge in [0.15, 0.2) is 0 Å². The summed E-state index contributed by atoms with van der Waals surface area (Å²) in [6.07, 6.45) is 1.67. The molecule has 6 atom stereocenters. The van der Waals surface area contributed by atoms with E-state index in [0.29, 0.717) is 25.9 Å². The standard InChI is InChI=1S/C31H40N4O4.C30H39N5O4.CH3.Pd.H2/c1-22(19-23-11-7-6-8-12-23)27(36)21-35(34-29(37)28(31(2,3)4)33-30(38)39-5)20-24-14-16-25(17-15-24)26-13-9-10-18-32-26;1-30(2,3)27(33-29(38)39-4)28(37)34-35(20-26(36)24(31)18-21-10-6-5-7-11-21)19-22-13-15-23(16-14-22)25-12-8-9-17-32-25;;;/h6-18,22,27-28,36H,19-21H2,1-5H3,(H,33,38)(H,34,37);5-17,24,26-27,36H,18-20,31H2,1-4H3,(H,33,38)(H,34,37);1H3;;1H/q;;-1;;/t22-,27-,28-;24-,26-,27-;;;/m00.../s1. The zero-order valence-corrected chi connectivity index (χ0v) is 49.3. The first-order chi connectivity index (χ1) is 37.1. The quantitative estimate of drug-likeness (QED) is 0.0192. The normalized spacial score (nSPS) is 13.5. The SMILES string of the molecule is COC(=O)N[C@@H](C(=O)NN(Cc1ccc(-c2ccccn2)cc1)C[C@H](O)[C@@H](C)Cc1ccccc1)C(C)(C)C.COC(=O)N[C@@H](C(=O)NN(Cc1ccc(-c2ccccn2)cc1)C[C@H](O)[C@@H](N)Cc1ccccc1)C(C)(C)C.[CH3-].[HH].[Pd]. The number of carbonyl (C=O) groups excluding carboxylic acids is 4. The fourth-order valence-electron chi connectivity index (χ4n) is 8.43. The third-order valence-corrected chi connectivity index (χ3v) is 12.9. The molecule has 4 aromatic carbocycles. The van der Waals surface area contributed by atoms with E-state index in [1.165, 1.54) is 14.2 Å². The zero-order valence-electron chi connectivity index (χ0n) is 47.7. The summed E-state index contributed by atoms with van der Waals surface area (Å²) in [5.41, 5.74) is 18.7. The topological polar surface area (TPSA) is 234 Å². The van der Waals surface area contributed by atoms with Crippen LogP contribution >= 0.6 is 0 Å². The molecule has 2 aromatic heterocycles. The van der Waals surface area contributed by atoms with Gasteiger partial charge in [0.25, 0.3) is 11.8 Å². The van der Waals surface area contributed by atoms with Crippen molar-refractivity contribution in [3.8, 4) is 22.5 Å². The van der Waals surface area contributed by atoms with Crippen LogP contribution in [0.3, 0.4) is 0 Å². The van der Waals surface area contributed by atoms with Gasteiger partial charge in [-0.15, -0.1) is 0 Å². The molecule has 18 heteroatoms. The molecule has 436 valence electrons. The number of alkyl carbamates (subject to hydrolysis) is 2. The van der Waals surface area contributed by atoms with E-state index in [1.54, 1.807) is 22.4 Å². The summed E-state index contributed by atoms with van der Waals surface area (Å²) < 4.78 is 9.46. The van der Waals surface area contributed by atoms with Gasteiger partial charge in [0.1, 0.15) is 12.1 Å². The van der Waals surface area contributed by atoms with Crippen LogP contribution in [-0.4, -0.2) is 112 Å². The Kier molecular flexibility index (Phi) is 27.8. The molecule has 0 aliphatic heterocycles. The number of hydrogen-bond acceptors (Lipinski definition) is 13. The maximum Gasteiger partial charge on any atom is 0.407 e. The molecule has 6 rings (SSSR count). The van der Waals surface area contributed by atoms with E-state index < -0.39 is 59.3 Å². The van der Waals surface area contributed by atoms with E-state index in [2.05, 4.69) is 31.5 Å². The van der Waals surface area contributed by atoms with E-state index in [0.717, 1.165) is 44.8 Å². The van der Waals surface area contributed by atoms with Crippen molar-refractivity contribution in [2.24, 2.45) is 22.5 Å². The van der Waals surface area contributed by atoms with E-state index in [4.69, 9.17) is 15.2 Å². The number of amides is 4. The number of aliphatic hydroxyl groups is 2. The van der Waals surface area contributed by atoms with Crippen molar-refractivity contribution in [2.45, 2.75) is 105 Å². The van der Waals surface area contributed by atoms with Crippen LogP contribution in [0.4, 0.5) is 9.59 Å². The molecule has 17 nitrogen and oxygen atoms in total. The second-order valence-electron chi connectivity index (χ2n) is 21.6. The van der Waals surface area contributed by atoms with Crippen molar-refractivity contribution in [3.63, 3.8) is 0 Å². The molecule has 0 unspecified atom stereocenters.